The van der Waals surface area contributed by atoms with Crippen molar-refractivity contribution < 1.29 is 28.7 Å². The number of aromatic nitrogens is 1. The number of thiazole rings is 1. The van der Waals surface area contributed by atoms with Crippen LogP contribution < -0.4 is 10.6 Å². The quantitative estimate of drug-likeness (QED) is 0.380. The number of hydrogen-bond acceptors (Lipinski definition) is 8. The number of rotatable bonds is 13. The van der Waals surface area contributed by atoms with Gasteiger partial charge in [0.1, 0.15) is 16.7 Å². The topological polar surface area (TPSA) is 124 Å². The van der Waals surface area contributed by atoms with E-state index in [0.717, 1.165) is 18.4 Å². The number of benzene rings is 1. The number of amides is 2. The Balaban J connectivity index is 1.71. The molecule has 3 atom stereocenters. The smallest absolute Gasteiger partial charge is 0.328 e. The monoisotopic (exact) mass is 529 g/mol. The minimum atomic E-state index is -0.888. The summed E-state index contributed by atoms with van der Waals surface area (Å²) in [5.41, 5.74) is 0.980. The molecule has 3 rings (SSSR count). The Kier molecular flexibility index (Phi) is 10.2. The zero-order valence-electron chi connectivity index (χ0n) is 21.7. The van der Waals surface area contributed by atoms with Crippen molar-refractivity contribution in [2.45, 2.75) is 71.1 Å². The fourth-order valence-electron chi connectivity index (χ4n) is 3.94. The van der Waals surface area contributed by atoms with Gasteiger partial charge in [0.25, 0.3) is 5.91 Å². The van der Waals surface area contributed by atoms with E-state index in [1.165, 1.54) is 25.4 Å². The molecule has 1 heterocycles. The summed E-state index contributed by atoms with van der Waals surface area (Å²) >= 11 is 1.19. The highest BCUT2D eigenvalue weighted by Crippen LogP contribution is 2.33. The Labute approximate surface area is 221 Å². The van der Waals surface area contributed by atoms with E-state index in [1.807, 2.05) is 44.2 Å². The fourth-order valence-corrected chi connectivity index (χ4v) is 4.77. The zero-order valence-corrected chi connectivity index (χ0v) is 22.5. The van der Waals surface area contributed by atoms with Crippen LogP contribution in [0, 0.1) is 11.8 Å². The van der Waals surface area contributed by atoms with Gasteiger partial charge in [-0.15, -0.1) is 11.3 Å². The number of methoxy groups -OCH3 is 1. The maximum absolute atomic E-state index is 13.0. The molecule has 37 heavy (non-hydrogen) atoms. The van der Waals surface area contributed by atoms with Gasteiger partial charge in [-0.05, 0) is 30.2 Å². The first-order valence-corrected chi connectivity index (χ1v) is 13.4. The average Bonchev–Trinajstić information content (AvgIpc) is 3.52. The molecule has 2 amide bonds. The predicted molar refractivity (Wildman–Crippen MR) is 139 cm³/mol. The van der Waals surface area contributed by atoms with E-state index in [0.29, 0.717) is 23.8 Å². The van der Waals surface area contributed by atoms with E-state index in [1.54, 1.807) is 5.38 Å². The molecule has 2 N–H and O–H groups in total. The highest BCUT2D eigenvalue weighted by molar-refractivity contribution is 7.09. The van der Waals surface area contributed by atoms with Crippen LogP contribution in [0.1, 0.15) is 73.6 Å². The molecule has 10 heteroatoms. The van der Waals surface area contributed by atoms with Gasteiger partial charge in [-0.2, -0.15) is 0 Å². The van der Waals surface area contributed by atoms with Crippen LogP contribution >= 0.6 is 11.3 Å². The largest absolute Gasteiger partial charge is 0.467 e. The van der Waals surface area contributed by atoms with Crippen molar-refractivity contribution in [3.63, 3.8) is 0 Å². The number of hydrogen-bond donors (Lipinski definition) is 2. The molecule has 9 nitrogen and oxygen atoms in total. The molecule has 0 spiro atoms. The SMILES string of the molecule is COC(=O)C(Cc1ccccc1)NC(=O)c1csc(C(CC(NC(=O)CC2CC2)C(C)C)OC(C)=O)n1. The Hall–Kier alpha value is -3.27. The van der Waals surface area contributed by atoms with Gasteiger partial charge in [0, 0.05) is 37.6 Å². The second-order valence-corrected chi connectivity index (χ2v) is 10.6. The number of carbonyl (C=O) groups excluding carboxylic acids is 4. The number of nitrogens with zero attached hydrogens (tertiary/aromatic N) is 1. The van der Waals surface area contributed by atoms with Crippen molar-refractivity contribution in [2.75, 3.05) is 7.11 Å². The highest BCUT2D eigenvalue weighted by Gasteiger charge is 2.30. The molecule has 2 aromatic rings. The minimum absolute atomic E-state index is 0.00533. The molecule has 0 saturated heterocycles. The van der Waals surface area contributed by atoms with Crippen molar-refractivity contribution in [1.82, 2.24) is 15.6 Å². The molecule has 1 saturated carbocycles. The molecule has 0 bridgehead atoms. The Morgan fingerprint density at radius 1 is 1.11 bits per heavy atom. The maximum Gasteiger partial charge on any atom is 0.328 e. The lowest BCUT2D eigenvalue weighted by molar-refractivity contribution is -0.147. The van der Waals surface area contributed by atoms with Crippen LogP contribution in [0.15, 0.2) is 35.7 Å². The molecule has 3 unspecified atom stereocenters. The fraction of sp³-hybridized carbons (Fsp3) is 0.519. The standard InChI is InChI=1S/C27H35N3O6S/c1-16(2)20(28-24(32)13-19-10-11-19)14-23(36-17(3)31)26-30-22(15-37-26)25(33)29-21(27(34)35-4)12-18-8-6-5-7-9-18/h5-9,15-16,19-21,23H,10-14H2,1-4H3,(H,28,32)(H,29,33). The lowest BCUT2D eigenvalue weighted by Gasteiger charge is -2.26. The molecule has 0 aliphatic heterocycles. The van der Waals surface area contributed by atoms with E-state index in [9.17, 15) is 19.2 Å². The molecule has 1 aromatic carbocycles. The summed E-state index contributed by atoms with van der Waals surface area (Å²) in [4.78, 5) is 54.0. The maximum atomic E-state index is 13.0. The third-order valence-corrected chi connectivity index (χ3v) is 7.14. The number of esters is 2. The van der Waals surface area contributed by atoms with Crippen molar-refractivity contribution in [2.24, 2.45) is 11.8 Å². The molecular formula is C27H35N3O6S. The van der Waals surface area contributed by atoms with Gasteiger partial charge in [0.2, 0.25) is 5.91 Å². The minimum Gasteiger partial charge on any atom is -0.467 e. The van der Waals surface area contributed by atoms with Crippen molar-refractivity contribution in [3.8, 4) is 0 Å². The summed E-state index contributed by atoms with van der Waals surface area (Å²) in [5, 5.41) is 7.78. The summed E-state index contributed by atoms with van der Waals surface area (Å²) in [7, 11) is 1.27. The van der Waals surface area contributed by atoms with Crippen LogP contribution in [-0.4, -0.2) is 47.9 Å². The first-order valence-electron chi connectivity index (χ1n) is 12.5. The number of carbonyl (C=O) groups is 4. The van der Waals surface area contributed by atoms with Crippen molar-refractivity contribution in [3.05, 3.63) is 52.0 Å². The van der Waals surface area contributed by atoms with E-state index < -0.39 is 30.0 Å². The first-order chi connectivity index (χ1) is 17.7. The summed E-state index contributed by atoms with van der Waals surface area (Å²) in [6.07, 6.45) is 2.56. The number of ether oxygens (including phenoxy) is 2. The second-order valence-electron chi connectivity index (χ2n) is 9.71. The third kappa shape index (κ3) is 8.96. The molecule has 1 aromatic heterocycles. The van der Waals surface area contributed by atoms with Gasteiger partial charge in [0.05, 0.1) is 7.11 Å². The lowest BCUT2D eigenvalue weighted by atomic mass is 9.97. The van der Waals surface area contributed by atoms with Gasteiger partial charge in [0.15, 0.2) is 6.10 Å². The van der Waals surface area contributed by atoms with Crippen LogP contribution in [0.4, 0.5) is 0 Å². The molecule has 200 valence electrons. The average molecular weight is 530 g/mol. The summed E-state index contributed by atoms with van der Waals surface area (Å²) < 4.78 is 10.4. The normalized spacial score (nSPS) is 15.4. The van der Waals surface area contributed by atoms with E-state index in [-0.39, 0.29) is 30.0 Å². The van der Waals surface area contributed by atoms with Crippen LogP contribution in [0.2, 0.25) is 0 Å². The van der Waals surface area contributed by atoms with Gasteiger partial charge >= 0.3 is 11.9 Å². The summed E-state index contributed by atoms with van der Waals surface area (Å²) in [6.45, 7) is 5.30. The highest BCUT2D eigenvalue weighted by atomic mass is 32.1. The Bertz CT molecular complexity index is 1080. The van der Waals surface area contributed by atoms with Gasteiger partial charge < -0.3 is 20.1 Å². The van der Waals surface area contributed by atoms with Crippen LogP contribution in [0.5, 0.6) is 0 Å². The van der Waals surface area contributed by atoms with Gasteiger partial charge in [-0.1, -0.05) is 44.2 Å². The molecule has 0 radical (unpaired) electrons. The Morgan fingerprint density at radius 3 is 2.41 bits per heavy atom. The number of nitrogens with one attached hydrogen (secondary N) is 2. The molecule has 1 fully saturated rings. The summed E-state index contributed by atoms with van der Waals surface area (Å²) in [5.74, 6) is -1.02. The molecular weight excluding hydrogens is 494 g/mol. The Morgan fingerprint density at radius 2 is 1.81 bits per heavy atom. The van der Waals surface area contributed by atoms with E-state index >= 15 is 0 Å². The van der Waals surface area contributed by atoms with Gasteiger partial charge in [-0.25, -0.2) is 9.78 Å². The van der Waals surface area contributed by atoms with Crippen molar-refractivity contribution >= 4 is 35.1 Å². The van der Waals surface area contributed by atoms with Crippen LogP contribution in [0.25, 0.3) is 0 Å². The van der Waals surface area contributed by atoms with E-state index in [4.69, 9.17) is 9.47 Å². The van der Waals surface area contributed by atoms with Crippen LogP contribution in [-0.2, 0) is 30.3 Å². The van der Waals surface area contributed by atoms with Crippen LogP contribution in [0.3, 0.4) is 0 Å². The zero-order chi connectivity index (χ0) is 26.9. The van der Waals surface area contributed by atoms with Crippen molar-refractivity contribution in [1.29, 1.82) is 0 Å². The lowest BCUT2D eigenvalue weighted by Crippen LogP contribution is -2.43. The summed E-state index contributed by atoms with van der Waals surface area (Å²) in [6, 6.07) is 8.18. The molecule has 1 aliphatic rings. The third-order valence-electron chi connectivity index (χ3n) is 6.20. The molecule has 1 aliphatic carbocycles. The second kappa shape index (κ2) is 13.3. The first kappa shape index (κ1) is 28.3. The van der Waals surface area contributed by atoms with E-state index in [2.05, 4.69) is 15.6 Å². The predicted octanol–water partition coefficient (Wildman–Crippen LogP) is 3.59. The van der Waals surface area contributed by atoms with Gasteiger partial charge in [-0.3, -0.25) is 14.4 Å².